The van der Waals surface area contributed by atoms with E-state index in [0.29, 0.717) is 0 Å². The lowest BCUT2D eigenvalue weighted by Gasteiger charge is -2.10. The van der Waals surface area contributed by atoms with Crippen molar-refractivity contribution in [2.24, 2.45) is 0 Å². The Morgan fingerprint density at radius 3 is 2.46 bits per heavy atom. The van der Waals surface area contributed by atoms with E-state index in [0.717, 1.165) is 18.6 Å². The zero-order chi connectivity index (χ0) is 9.68. The molecule has 0 radical (unpaired) electrons. The summed E-state index contributed by atoms with van der Waals surface area (Å²) in [4.78, 5) is 0. The molecule has 0 aliphatic carbocycles. The Bertz CT molecular complexity index is 243. The first-order valence-electron chi connectivity index (χ1n) is 4.58. The van der Waals surface area contributed by atoms with Crippen LogP contribution in [0, 0.1) is 5.82 Å². The van der Waals surface area contributed by atoms with Crippen LogP contribution in [0.15, 0.2) is 24.3 Å². The summed E-state index contributed by atoms with van der Waals surface area (Å²) in [5.41, 5.74) is 1.11. The van der Waals surface area contributed by atoms with Gasteiger partial charge in [0.2, 0.25) is 0 Å². The third-order valence-corrected chi connectivity index (χ3v) is 1.89. The molecule has 1 aromatic carbocycles. The number of rotatable bonds is 4. The Hall–Kier alpha value is -0.890. The molecule has 1 atom stereocenters. The maximum Gasteiger partial charge on any atom is 0.123 e. The monoisotopic (exact) mass is 182 g/mol. The molecule has 0 saturated carbocycles. The fourth-order valence-corrected chi connectivity index (χ4v) is 1.30. The fourth-order valence-electron chi connectivity index (χ4n) is 1.30. The molecule has 0 amide bonds. The topological polar surface area (TPSA) is 9.23 Å². The van der Waals surface area contributed by atoms with Crippen LogP contribution in [0.3, 0.4) is 0 Å². The van der Waals surface area contributed by atoms with Gasteiger partial charge in [0.05, 0.1) is 6.10 Å². The van der Waals surface area contributed by atoms with Crippen LogP contribution in [0.1, 0.15) is 19.4 Å². The second-order valence-electron chi connectivity index (χ2n) is 3.10. The largest absolute Gasteiger partial charge is 0.378 e. The second-order valence-corrected chi connectivity index (χ2v) is 3.10. The summed E-state index contributed by atoms with van der Waals surface area (Å²) in [7, 11) is 0. The summed E-state index contributed by atoms with van der Waals surface area (Å²) >= 11 is 0. The van der Waals surface area contributed by atoms with Crippen molar-refractivity contribution >= 4 is 0 Å². The molecule has 0 bridgehead atoms. The highest BCUT2D eigenvalue weighted by atomic mass is 19.1. The first-order valence-corrected chi connectivity index (χ1v) is 4.58. The summed E-state index contributed by atoms with van der Waals surface area (Å²) in [5.74, 6) is -0.187. The van der Waals surface area contributed by atoms with Crippen molar-refractivity contribution in [3.63, 3.8) is 0 Å². The van der Waals surface area contributed by atoms with Gasteiger partial charge in [-0.1, -0.05) is 12.1 Å². The summed E-state index contributed by atoms with van der Waals surface area (Å²) in [6.45, 7) is 4.72. The van der Waals surface area contributed by atoms with Crippen molar-refractivity contribution in [3.05, 3.63) is 35.6 Å². The highest BCUT2D eigenvalue weighted by Gasteiger charge is 2.02. The normalized spacial score (nSPS) is 12.8. The van der Waals surface area contributed by atoms with Crippen LogP contribution in [-0.2, 0) is 11.2 Å². The molecular formula is C11H15FO. The minimum absolute atomic E-state index is 0.187. The fraction of sp³-hybridized carbons (Fsp3) is 0.455. The Labute approximate surface area is 78.5 Å². The van der Waals surface area contributed by atoms with E-state index in [1.807, 2.05) is 13.8 Å². The number of halogens is 1. The van der Waals surface area contributed by atoms with E-state index in [2.05, 4.69) is 0 Å². The quantitative estimate of drug-likeness (QED) is 0.695. The molecule has 1 rings (SSSR count). The smallest absolute Gasteiger partial charge is 0.123 e. The van der Waals surface area contributed by atoms with Crippen molar-refractivity contribution < 1.29 is 9.13 Å². The minimum atomic E-state index is -0.187. The van der Waals surface area contributed by atoms with E-state index in [9.17, 15) is 4.39 Å². The molecule has 0 aliphatic heterocycles. The maximum atomic E-state index is 12.5. The Morgan fingerprint density at radius 2 is 1.92 bits per heavy atom. The van der Waals surface area contributed by atoms with Crippen molar-refractivity contribution in [2.75, 3.05) is 6.61 Å². The van der Waals surface area contributed by atoms with Crippen LogP contribution in [0.2, 0.25) is 0 Å². The highest BCUT2D eigenvalue weighted by molar-refractivity contribution is 5.16. The van der Waals surface area contributed by atoms with Gasteiger partial charge in [-0.2, -0.15) is 0 Å². The van der Waals surface area contributed by atoms with Gasteiger partial charge in [-0.05, 0) is 38.0 Å². The van der Waals surface area contributed by atoms with Gasteiger partial charge in [0, 0.05) is 6.61 Å². The van der Waals surface area contributed by atoms with Gasteiger partial charge in [-0.3, -0.25) is 0 Å². The average molecular weight is 182 g/mol. The summed E-state index contributed by atoms with van der Waals surface area (Å²) in [5, 5.41) is 0. The Balaban J connectivity index is 2.49. The van der Waals surface area contributed by atoms with Gasteiger partial charge in [0.25, 0.3) is 0 Å². The van der Waals surface area contributed by atoms with Crippen LogP contribution in [-0.4, -0.2) is 12.7 Å². The van der Waals surface area contributed by atoms with Crippen LogP contribution in [0.5, 0.6) is 0 Å². The number of hydrogen-bond donors (Lipinski definition) is 0. The second kappa shape index (κ2) is 4.97. The maximum absolute atomic E-state index is 12.5. The van der Waals surface area contributed by atoms with Crippen LogP contribution < -0.4 is 0 Å². The molecule has 0 aromatic heterocycles. The molecule has 0 saturated heterocycles. The first-order chi connectivity index (χ1) is 6.22. The molecule has 0 N–H and O–H groups in total. The highest BCUT2D eigenvalue weighted by Crippen LogP contribution is 2.07. The van der Waals surface area contributed by atoms with Gasteiger partial charge in [0.1, 0.15) is 5.82 Å². The van der Waals surface area contributed by atoms with Gasteiger partial charge in [-0.25, -0.2) is 4.39 Å². The molecule has 1 nitrogen and oxygen atoms in total. The van der Waals surface area contributed by atoms with Crippen LogP contribution in [0.25, 0.3) is 0 Å². The molecule has 1 unspecified atom stereocenters. The van der Waals surface area contributed by atoms with Crippen LogP contribution in [0.4, 0.5) is 4.39 Å². The SMILES string of the molecule is CCOC(C)Cc1ccc(F)cc1. The lowest BCUT2D eigenvalue weighted by atomic mass is 10.1. The Kier molecular flexibility index (Phi) is 3.90. The van der Waals surface area contributed by atoms with E-state index < -0.39 is 0 Å². The van der Waals surface area contributed by atoms with Crippen molar-refractivity contribution in [3.8, 4) is 0 Å². The number of hydrogen-bond acceptors (Lipinski definition) is 1. The predicted octanol–water partition coefficient (Wildman–Crippen LogP) is 2.79. The van der Waals surface area contributed by atoms with E-state index in [1.54, 1.807) is 12.1 Å². The predicted molar refractivity (Wildman–Crippen MR) is 51.2 cm³/mol. The number of benzene rings is 1. The van der Waals surface area contributed by atoms with E-state index in [1.165, 1.54) is 12.1 Å². The standard InChI is InChI=1S/C11H15FO/c1-3-13-9(2)8-10-4-6-11(12)7-5-10/h4-7,9H,3,8H2,1-2H3. The lowest BCUT2D eigenvalue weighted by Crippen LogP contribution is -2.11. The van der Waals surface area contributed by atoms with Crippen molar-refractivity contribution in [2.45, 2.75) is 26.4 Å². The lowest BCUT2D eigenvalue weighted by molar-refractivity contribution is 0.0768. The third-order valence-electron chi connectivity index (χ3n) is 1.89. The number of ether oxygens (including phenoxy) is 1. The molecule has 72 valence electrons. The van der Waals surface area contributed by atoms with Crippen molar-refractivity contribution in [1.29, 1.82) is 0 Å². The molecule has 0 heterocycles. The zero-order valence-electron chi connectivity index (χ0n) is 8.09. The van der Waals surface area contributed by atoms with E-state index in [4.69, 9.17) is 4.74 Å². The summed E-state index contributed by atoms with van der Waals surface area (Å²) in [6, 6.07) is 6.55. The molecule has 2 heteroatoms. The molecule has 0 fully saturated rings. The minimum Gasteiger partial charge on any atom is -0.378 e. The Morgan fingerprint density at radius 1 is 1.31 bits per heavy atom. The summed E-state index contributed by atoms with van der Waals surface area (Å²) < 4.78 is 17.9. The van der Waals surface area contributed by atoms with Gasteiger partial charge in [-0.15, -0.1) is 0 Å². The first kappa shape index (κ1) is 10.2. The average Bonchev–Trinajstić information content (AvgIpc) is 2.09. The van der Waals surface area contributed by atoms with Gasteiger partial charge in [0.15, 0.2) is 0 Å². The molecule has 1 aromatic rings. The van der Waals surface area contributed by atoms with Gasteiger partial charge < -0.3 is 4.74 Å². The molecular weight excluding hydrogens is 167 g/mol. The van der Waals surface area contributed by atoms with Gasteiger partial charge >= 0.3 is 0 Å². The molecule has 0 spiro atoms. The summed E-state index contributed by atoms with van der Waals surface area (Å²) in [6.07, 6.45) is 1.05. The molecule has 0 aliphatic rings. The third kappa shape index (κ3) is 3.55. The van der Waals surface area contributed by atoms with E-state index >= 15 is 0 Å². The van der Waals surface area contributed by atoms with Crippen molar-refractivity contribution in [1.82, 2.24) is 0 Å². The zero-order valence-corrected chi connectivity index (χ0v) is 8.09. The van der Waals surface area contributed by atoms with E-state index in [-0.39, 0.29) is 11.9 Å². The molecule has 13 heavy (non-hydrogen) atoms. The van der Waals surface area contributed by atoms with Crippen LogP contribution >= 0.6 is 0 Å².